The normalized spacial score (nSPS) is 11.8. The molecule has 2 aromatic carbocycles. The number of halogens is 1. The Labute approximate surface area is 135 Å². The second-order valence-electron chi connectivity index (χ2n) is 5.31. The van der Waals surface area contributed by atoms with Crippen LogP contribution < -0.4 is 15.4 Å². The maximum atomic E-state index is 12.9. The lowest BCUT2D eigenvalue weighted by Crippen LogP contribution is -2.37. The van der Waals surface area contributed by atoms with Crippen molar-refractivity contribution < 1.29 is 13.9 Å². The number of carbonyl (C=O) groups is 1. The zero-order valence-corrected chi connectivity index (χ0v) is 13.3. The van der Waals surface area contributed by atoms with Crippen molar-refractivity contribution in [3.05, 3.63) is 65.5 Å². The summed E-state index contributed by atoms with van der Waals surface area (Å²) in [6.45, 7) is 2.79. The van der Waals surface area contributed by atoms with Crippen LogP contribution >= 0.6 is 0 Å². The number of likely N-dealkylation sites (N-methyl/N-ethyl adjacent to an activating group) is 1. The minimum Gasteiger partial charge on any atom is -0.488 e. The molecule has 0 aliphatic rings. The minimum atomic E-state index is -0.285. The third-order valence-corrected chi connectivity index (χ3v) is 3.50. The maximum Gasteiger partial charge on any atom is 0.255 e. The molecule has 1 unspecified atom stereocenters. The molecule has 0 aromatic heterocycles. The molecular weight excluding hydrogens is 295 g/mol. The van der Waals surface area contributed by atoms with Crippen molar-refractivity contribution in [2.45, 2.75) is 19.6 Å². The molecule has 0 bridgehead atoms. The van der Waals surface area contributed by atoms with Crippen LogP contribution in [0.5, 0.6) is 5.75 Å². The SMILES string of the molecule is CNC(C)CNC(=O)c1ccccc1OCc1ccc(F)cc1. The first-order chi connectivity index (χ1) is 11.1. The average molecular weight is 316 g/mol. The Kier molecular flexibility index (Phi) is 6.11. The number of hydrogen-bond acceptors (Lipinski definition) is 3. The van der Waals surface area contributed by atoms with Crippen molar-refractivity contribution >= 4 is 5.91 Å². The van der Waals surface area contributed by atoms with Crippen molar-refractivity contribution in [3.63, 3.8) is 0 Å². The Morgan fingerprint density at radius 3 is 2.57 bits per heavy atom. The second kappa shape index (κ2) is 8.29. The van der Waals surface area contributed by atoms with Gasteiger partial charge in [-0.3, -0.25) is 4.79 Å². The van der Waals surface area contributed by atoms with Gasteiger partial charge in [-0.2, -0.15) is 0 Å². The summed E-state index contributed by atoms with van der Waals surface area (Å²) in [7, 11) is 1.84. The highest BCUT2D eigenvalue weighted by atomic mass is 19.1. The molecule has 0 aliphatic carbocycles. The Morgan fingerprint density at radius 2 is 1.87 bits per heavy atom. The number of rotatable bonds is 7. The standard InChI is InChI=1S/C18H21FN2O2/c1-13(20-2)11-21-18(22)16-5-3-4-6-17(16)23-12-14-7-9-15(19)10-8-14/h3-10,13,20H,11-12H2,1-2H3,(H,21,22). The van der Waals surface area contributed by atoms with E-state index in [1.165, 1.54) is 12.1 Å². The van der Waals surface area contributed by atoms with Gasteiger partial charge >= 0.3 is 0 Å². The Hall–Kier alpha value is -2.40. The van der Waals surface area contributed by atoms with Crippen LogP contribution in [-0.2, 0) is 6.61 Å². The van der Waals surface area contributed by atoms with Gasteiger partial charge in [0.05, 0.1) is 5.56 Å². The predicted octanol–water partition coefficient (Wildman–Crippen LogP) is 2.74. The summed E-state index contributed by atoms with van der Waals surface area (Å²) < 4.78 is 18.6. The van der Waals surface area contributed by atoms with E-state index in [1.807, 2.05) is 20.0 Å². The molecule has 0 saturated carbocycles. The van der Waals surface area contributed by atoms with Crippen molar-refractivity contribution in [2.24, 2.45) is 0 Å². The van der Waals surface area contributed by atoms with E-state index in [2.05, 4.69) is 10.6 Å². The van der Waals surface area contributed by atoms with Gasteiger partial charge in [-0.25, -0.2) is 4.39 Å². The quantitative estimate of drug-likeness (QED) is 0.826. The van der Waals surface area contributed by atoms with E-state index in [1.54, 1.807) is 30.3 Å². The Morgan fingerprint density at radius 1 is 1.17 bits per heavy atom. The molecule has 0 fully saturated rings. The van der Waals surface area contributed by atoms with E-state index in [4.69, 9.17) is 4.74 Å². The van der Waals surface area contributed by atoms with Crippen LogP contribution in [0.4, 0.5) is 4.39 Å². The summed E-state index contributed by atoms with van der Waals surface area (Å²) >= 11 is 0. The molecule has 23 heavy (non-hydrogen) atoms. The number of benzene rings is 2. The van der Waals surface area contributed by atoms with Gasteiger partial charge in [-0.1, -0.05) is 24.3 Å². The van der Waals surface area contributed by atoms with Gasteiger partial charge in [0.1, 0.15) is 18.2 Å². The van der Waals surface area contributed by atoms with Crippen LogP contribution in [0.2, 0.25) is 0 Å². The summed E-state index contributed by atoms with van der Waals surface area (Å²) in [6, 6.07) is 13.4. The first-order valence-corrected chi connectivity index (χ1v) is 7.52. The average Bonchev–Trinajstić information content (AvgIpc) is 2.59. The van der Waals surface area contributed by atoms with E-state index >= 15 is 0 Å². The smallest absolute Gasteiger partial charge is 0.255 e. The van der Waals surface area contributed by atoms with Crippen molar-refractivity contribution in [2.75, 3.05) is 13.6 Å². The van der Waals surface area contributed by atoms with Crippen molar-refractivity contribution in [1.82, 2.24) is 10.6 Å². The number of para-hydroxylation sites is 1. The van der Waals surface area contributed by atoms with Crippen molar-refractivity contribution in [1.29, 1.82) is 0 Å². The number of hydrogen-bond donors (Lipinski definition) is 2. The van der Waals surface area contributed by atoms with Crippen LogP contribution in [0.25, 0.3) is 0 Å². The third kappa shape index (κ3) is 5.07. The first kappa shape index (κ1) is 17.0. The fourth-order valence-corrected chi connectivity index (χ4v) is 1.96. The molecule has 0 heterocycles. The lowest BCUT2D eigenvalue weighted by Gasteiger charge is -2.14. The Balaban J connectivity index is 2.02. The second-order valence-corrected chi connectivity index (χ2v) is 5.31. The number of nitrogens with one attached hydrogen (secondary N) is 2. The van der Waals surface area contributed by atoms with Crippen LogP contribution in [0.1, 0.15) is 22.8 Å². The van der Waals surface area contributed by atoms with Crippen LogP contribution in [-0.4, -0.2) is 25.5 Å². The molecule has 2 aromatic rings. The van der Waals surface area contributed by atoms with E-state index < -0.39 is 0 Å². The van der Waals surface area contributed by atoms with Gasteiger partial charge in [0.15, 0.2) is 0 Å². The number of amides is 1. The van der Waals surface area contributed by atoms with Gasteiger partial charge in [-0.05, 0) is 43.8 Å². The highest BCUT2D eigenvalue weighted by molar-refractivity contribution is 5.96. The summed E-state index contributed by atoms with van der Waals surface area (Å²) in [5.41, 5.74) is 1.32. The first-order valence-electron chi connectivity index (χ1n) is 7.52. The highest BCUT2D eigenvalue weighted by Gasteiger charge is 2.12. The molecular formula is C18H21FN2O2. The van der Waals surface area contributed by atoms with E-state index in [-0.39, 0.29) is 24.4 Å². The number of carbonyl (C=O) groups excluding carboxylic acids is 1. The largest absolute Gasteiger partial charge is 0.488 e. The fraction of sp³-hybridized carbons (Fsp3) is 0.278. The van der Waals surface area contributed by atoms with Gasteiger partial charge < -0.3 is 15.4 Å². The summed E-state index contributed by atoms with van der Waals surface area (Å²) in [5, 5.41) is 5.93. The lowest BCUT2D eigenvalue weighted by atomic mass is 10.1. The third-order valence-electron chi connectivity index (χ3n) is 3.50. The summed E-state index contributed by atoms with van der Waals surface area (Å²) in [4.78, 5) is 12.3. The zero-order chi connectivity index (χ0) is 16.7. The molecule has 0 spiro atoms. The topological polar surface area (TPSA) is 50.4 Å². The molecule has 1 atom stereocenters. The van der Waals surface area contributed by atoms with Crippen molar-refractivity contribution in [3.8, 4) is 5.75 Å². The van der Waals surface area contributed by atoms with Gasteiger partial charge in [-0.15, -0.1) is 0 Å². The minimum absolute atomic E-state index is 0.179. The zero-order valence-electron chi connectivity index (χ0n) is 13.3. The molecule has 0 saturated heterocycles. The molecule has 5 heteroatoms. The molecule has 4 nitrogen and oxygen atoms in total. The predicted molar refractivity (Wildman–Crippen MR) is 88.0 cm³/mol. The van der Waals surface area contributed by atoms with Gasteiger partial charge in [0.25, 0.3) is 5.91 Å². The summed E-state index contributed by atoms with van der Waals surface area (Å²) in [5.74, 6) is 0.0421. The van der Waals surface area contributed by atoms with Gasteiger partial charge in [0.2, 0.25) is 0 Å². The maximum absolute atomic E-state index is 12.9. The van der Waals surface area contributed by atoms with E-state index in [0.29, 0.717) is 17.9 Å². The molecule has 2 N–H and O–H groups in total. The highest BCUT2D eigenvalue weighted by Crippen LogP contribution is 2.19. The van der Waals surface area contributed by atoms with E-state index in [9.17, 15) is 9.18 Å². The van der Waals surface area contributed by atoms with Crippen LogP contribution in [0.15, 0.2) is 48.5 Å². The lowest BCUT2D eigenvalue weighted by molar-refractivity contribution is 0.0946. The van der Waals surface area contributed by atoms with Gasteiger partial charge in [0, 0.05) is 12.6 Å². The molecule has 122 valence electrons. The van der Waals surface area contributed by atoms with Crippen LogP contribution in [0, 0.1) is 5.82 Å². The summed E-state index contributed by atoms with van der Waals surface area (Å²) in [6.07, 6.45) is 0. The van der Waals surface area contributed by atoms with Crippen LogP contribution in [0.3, 0.4) is 0 Å². The molecule has 1 amide bonds. The van der Waals surface area contributed by atoms with E-state index in [0.717, 1.165) is 5.56 Å². The number of ether oxygens (including phenoxy) is 1. The Bertz CT molecular complexity index is 644. The fourth-order valence-electron chi connectivity index (χ4n) is 1.96. The molecule has 0 radical (unpaired) electrons. The monoisotopic (exact) mass is 316 g/mol. The molecule has 0 aliphatic heterocycles. The molecule has 2 rings (SSSR count).